The standard InChI is InChI=1S/C21H20ClN5O2S/c1-13(2)9-19-25-26-21(30-19)24-20(28)14(12-23)10-15-5-4-8-27(15)16-6-7-18(29-3)17(22)11-16/h4-8,10-11,13H,9H2,1-3H3,(H,24,26,28)/b14-10-. The Labute approximate surface area is 183 Å². The van der Waals surface area contributed by atoms with Crippen LogP contribution in [0.1, 0.15) is 24.5 Å². The van der Waals surface area contributed by atoms with Crippen LogP contribution < -0.4 is 10.1 Å². The molecule has 1 aromatic carbocycles. The Morgan fingerprint density at radius 2 is 2.20 bits per heavy atom. The van der Waals surface area contributed by atoms with E-state index in [0.717, 1.165) is 17.1 Å². The Balaban J connectivity index is 1.82. The van der Waals surface area contributed by atoms with Crippen molar-refractivity contribution in [3.8, 4) is 17.5 Å². The van der Waals surface area contributed by atoms with Gasteiger partial charge in [-0.1, -0.05) is 36.8 Å². The third-order valence-electron chi connectivity index (χ3n) is 4.12. The van der Waals surface area contributed by atoms with Crippen LogP contribution in [-0.4, -0.2) is 27.8 Å². The summed E-state index contributed by atoms with van der Waals surface area (Å²) >= 11 is 7.53. The number of ether oxygens (including phenoxy) is 1. The average Bonchev–Trinajstić information content (AvgIpc) is 3.34. The summed E-state index contributed by atoms with van der Waals surface area (Å²) in [5.74, 6) is 0.469. The lowest BCUT2D eigenvalue weighted by Crippen LogP contribution is -2.13. The molecule has 1 N–H and O–H groups in total. The normalized spacial score (nSPS) is 11.4. The van der Waals surface area contributed by atoms with Crippen molar-refractivity contribution in [2.75, 3.05) is 12.4 Å². The van der Waals surface area contributed by atoms with Gasteiger partial charge in [-0.25, -0.2) is 0 Å². The van der Waals surface area contributed by atoms with Crippen molar-refractivity contribution in [3.63, 3.8) is 0 Å². The molecule has 0 saturated heterocycles. The van der Waals surface area contributed by atoms with Gasteiger partial charge in [0.15, 0.2) is 0 Å². The highest BCUT2D eigenvalue weighted by Gasteiger charge is 2.15. The highest BCUT2D eigenvalue weighted by atomic mass is 35.5. The van der Waals surface area contributed by atoms with Crippen molar-refractivity contribution in [2.24, 2.45) is 5.92 Å². The van der Waals surface area contributed by atoms with Crippen LogP contribution in [0.5, 0.6) is 5.75 Å². The summed E-state index contributed by atoms with van der Waals surface area (Å²) in [6, 6.07) is 10.9. The van der Waals surface area contributed by atoms with E-state index < -0.39 is 5.91 Å². The first kappa shape index (κ1) is 21.6. The number of anilines is 1. The highest BCUT2D eigenvalue weighted by Crippen LogP contribution is 2.28. The molecule has 0 fully saturated rings. The molecule has 1 amide bonds. The summed E-state index contributed by atoms with van der Waals surface area (Å²) in [7, 11) is 1.55. The number of hydrogen-bond donors (Lipinski definition) is 1. The van der Waals surface area contributed by atoms with E-state index >= 15 is 0 Å². The second-order valence-electron chi connectivity index (χ2n) is 6.84. The Hall–Kier alpha value is -3.15. The van der Waals surface area contributed by atoms with Gasteiger partial charge in [-0.05, 0) is 42.3 Å². The highest BCUT2D eigenvalue weighted by molar-refractivity contribution is 7.15. The molecule has 3 rings (SSSR count). The number of nitrogens with zero attached hydrogens (tertiary/aromatic N) is 4. The van der Waals surface area contributed by atoms with Crippen LogP contribution in [0.3, 0.4) is 0 Å². The number of methoxy groups -OCH3 is 1. The molecular formula is C21H20ClN5O2S. The third-order valence-corrected chi connectivity index (χ3v) is 5.28. The molecule has 0 aliphatic rings. The van der Waals surface area contributed by atoms with E-state index in [4.69, 9.17) is 16.3 Å². The summed E-state index contributed by atoms with van der Waals surface area (Å²) in [5.41, 5.74) is 1.38. The van der Waals surface area contributed by atoms with E-state index in [0.29, 0.717) is 27.5 Å². The van der Waals surface area contributed by atoms with E-state index in [1.165, 1.54) is 17.4 Å². The van der Waals surface area contributed by atoms with Crippen LogP contribution in [0.25, 0.3) is 11.8 Å². The number of carbonyl (C=O) groups is 1. The van der Waals surface area contributed by atoms with E-state index in [9.17, 15) is 10.1 Å². The summed E-state index contributed by atoms with van der Waals surface area (Å²) in [6.45, 7) is 4.17. The minimum absolute atomic E-state index is 0.0461. The number of halogens is 1. The molecule has 9 heteroatoms. The van der Waals surface area contributed by atoms with Crippen molar-refractivity contribution < 1.29 is 9.53 Å². The molecule has 3 aromatic rings. The predicted molar refractivity (Wildman–Crippen MR) is 118 cm³/mol. The maximum atomic E-state index is 12.6. The number of amides is 1. The minimum Gasteiger partial charge on any atom is -0.495 e. The van der Waals surface area contributed by atoms with E-state index in [-0.39, 0.29) is 5.57 Å². The molecule has 7 nitrogen and oxygen atoms in total. The number of nitriles is 1. The van der Waals surface area contributed by atoms with Crippen LogP contribution in [-0.2, 0) is 11.2 Å². The Morgan fingerprint density at radius 3 is 2.87 bits per heavy atom. The van der Waals surface area contributed by atoms with Gasteiger partial charge in [0, 0.05) is 24.0 Å². The number of aromatic nitrogens is 3. The number of hydrogen-bond acceptors (Lipinski definition) is 6. The smallest absolute Gasteiger partial charge is 0.268 e. The summed E-state index contributed by atoms with van der Waals surface area (Å²) in [4.78, 5) is 12.6. The molecule has 0 unspecified atom stereocenters. The predicted octanol–water partition coefficient (Wildman–Crippen LogP) is 4.73. The first-order valence-corrected chi connectivity index (χ1v) is 10.4. The zero-order valence-corrected chi connectivity index (χ0v) is 18.3. The molecule has 0 aliphatic carbocycles. The van der Waals surface area contributed by atoms with Gasteiger partial charge in [-0.3, -0.25) is 10.1 Å². The first-order chi connectivity index (χ1) is 14.4. The maximum absolute atomic E-state index is 12.6. The summed E-state index contributed by atoms with van der Waals surface area (Å²) in [5, 5.41) is 21.9. The average molecular weight is 442 g/mol. The van der Waals surface area contributed by atoms with Gasteiger partial charge < -0.3 is 9.30 Å². The van der Waals surface area contributed by atoms with Gasteiger partial charge in [0.1, 0.15) is 22.4 Å². The SMILES string of the molecule is COc1ccc(-n2cccc2/C=C(/C#N)C(=O)Nc2nnc(CC(C)C)s2)cc1Cl. The molecule has 0 spiro atoms. The Bertz CT molecular complexity index is 1130. The number of rotatable bonds is 7. The van der Waals surface area contributed by atoms with Gasteiger partial charge in [0.2, 0.25) is 5.13 Å². The van der Waals surface area contributed by atoms with Crippen molar-refractivity contribution in [1.82, 2.24) is 14.8 Å². The fraction of sp³-hybridized carbons (Fsp3) is 0.238. The molecule has 0 atom stereocenters. The maximum Gasteiger partial charge on any atom is 0.268 e. The lowest BCUT2D eigenvalue weighted by Gasteiger charge is -2.10. The molecule has 2 aromatic heterocycles. The van der Waals surface area contributed by atoms with Crippen LogP contribution in [0.15, 0.2) is 42.1 Å². The monoisotopic (exact) mass is 441 g/mol. The zero-order chi connectivity index (χ0) is 21.7. The third kappa shape index (κ3) is 5.06. The quantitative estimate of drug-likeness (QED) is 0.422. The van der Waals surface area contributed by atoms with Crippen molar-refractivity contribution in [3.05, 3.63) is 57.8 Å². The van der Waals surface area contributed by atoms with Crippen LogP contribution in [0.2, 0.25) is 5.02 Å². The van der Waals surface area contributed by atoms with E-state index in [1.54, 1.807) is 25.3 Å². The fourth-order valence-electron chi connectivity index (χ4n) is 2.75. The Kier molecular flexibility index (Phi) is 6.87. The lowest BCUT2D eigenvalue weighted by atomic mass is 10.1. The van der Waals surface area contributed by atoms with Gasteiger partial charge in [0.25, 0.3) is 5.91 Å². The van der Waals surface area contributed by atoms with Crippen LogP contribution in [0.4, 0.5) is 5.13 Å². The van der Waals surface area contributed by atoms with E-state index in [1.807, 2.05) is 29.0 Å². The molecule has 0 saturated carbocycles. The molecule has 30 heavy (non-hydrogen) atoms. The molecule has 0 bridgehead atoms. The lowest BCUT2D eigenvalue weighted by molar-refractivity contribution is -0.112. The summed E-state index contributed by atoms with van der Waals surface area (Å²) < 4.78 is 7.00. The second-order valence-corrected chi connectivity index (χ2v) is 8.31. The topological polar surface area (TPSA) is 92.8 Å². The fourth-order valence-corrected chi connectivity index (χ4v) is 3.95. The van der Waals surface area contributed by atoms with Gasteiger partial charge in [-0.15, -0.1) is 10.2 Å². The number of nitrogens with one attached hydrogen (secondary N) is 1. The molecule has 0 aliphatic heterocycles. The zero-order valence-electron chi connectivity index (χ0n) is 16.7. The van der Waals surface area contributed by atoms with Gasteiger partial charge >= 0.3 is 0 Å². The number of benzene rings is 1. The van der Waals surface area contributed by atoms with Crippen molar-refractivity contribution in [1.29, 1.82) is 5.26 Å². The molecule has 154 valence electrons. The van der Waals surface area contributed by atoms with Crippen LogP contribution >= 0.6 is 22.9 Å². The second kappa shape index (κ2) is 9.57. The molecule has 0 radical (unpaired) electrons. The van der Waals surface area contributed by atoms with Gasteiger partial charge in [0.05, 0.1) is 12.1 Å². The molecule has 2 heterocycles. The van der Waals surface area contributed by atoms with Crippen LogP contribution in [0, 0.1) is 17.2 Å². The van der Waals surface area contributed by atoms with Crippen molar-refractivity contribution >= 4 is 40.1 Å². The summed E-state index contributed by atoms with van der Waals surface area (Å²) in [6.07, 6.45) is 4.12. The van der Waals surface area contributed by atoms with Gasteiger partial charge in [-0.2, -0.15) is 5.26 Å². The van der Waals surface area contributed by atoms with Crippen molar-refractivity contribution in [2.45, 2.75) is 20.3 Å². The minimum atomic E-state index is -0.537. The largest absolute Gasteiger partial charge is 0.495 e. The Morgan fingerprint density at radius 1 is 1.40 bits per heavy atom. The first-order valence-electron chi connectivity index (χ1n) is 9.18. The number of carbonyl (C=O) groups excluding carboxylic acids is 1. The van der Waals surface area contributed by atoms with E-state index in [2.05, 4.69) is 29.4 Å². The molecular weight excluding hydrogens is 422 g/mol.